The third-order valence-electron chi connectivity index (χ3n) is 3.13. The number of hydrogen-bond acceptors (Lipinski definition) is 4. The first-order valence-electron chi connectivity index (χ1n) is 6.46. The van der Waals surface area contributed by atoms with Crippen molar-refractivity contribution >= 4 is 5.69 Å². The molecule has 4 nitrogen and oxygen atoms in total. The Kier molecular flexibility index (Phi) is 4.87. The van der Waals surface area contributed by atoms with Crippen molar-refractivity contribution in [2.45, 2.75) is 6.54 Å². The molecule has 0 saturated carbocycles. The van der Waals surface area contributed by atoms with E-state index in [4.69, 9.17) is 14.2 Å². The Labute approximate surface area is 123 Å². The van der Waals surface area contributed by atoms with Crippen molar-refractivity contribution in [2.24, 2.45) is 0 Å². The van der Waals surface area contributed by atoms with Crippen LogP contribution in [0.4, 0.5) is 10.1 Å². The molecule has 5 heteroatoms. The van der Waals surface area contributed by atoms with E-state index in [9.17, 15) is 4.39 Å². The van der Waals surface area contributed by atoms with Crippen molar-refractivity contribution < 1.29 is 18.6 Å². The minimum atomic E-state index is -0.264. The van der Waals surface area contributed by atoms with Gasteiger partial charge < -0.3 is 19.5 Å². The normalized spacial score (nSPS) is 10.1. The summed E-state index contributed by atoms with van der Waals surface area (Å²) in [5.41, 5.74) is 1.68. The topological polar surface area (TPSA) is 39.7 Å². The molecule has 0 atom stereocenters. The average Bonchev–Trinajstić information content (AvgIpc) is 2.53. The minimum Gasteiger partial charge on any atom is -0.496 e. The van der Waals surface area contributed by atoms with Crippen LogP contribution in [0.5, 0.6) is 17.2 Å². The second kappa shape index (κ2) is 6.83. The van der Waals surface area contributed by atoms with E-state index in [2.05, 4.69) is 5.32 Å². The molecule has 0 aliphatic carbocycles. The monoisotopic (exact) mass is 291 g/mol. The van der Waals surface area contributed by atoms with E-state index < -0.39 is 0 Å². The molecule has 1 N–H and O–H groups in total. The fraction of sp³-hybridized carbons (Fsp3) is 0.250. The molecule has 0 saturated heterocycles. The highest BCUT2D eigenvalue weighted by molar-refractivity contribution is 5.53. The lowest BCUT2D eigenvalue weighted by molar-refractivity contribution is 0.369. The molecular formula is C16H18FNO3. The maximum absolute atomic E-state index is 12.9. The maximum Gasteiger partial charge on any atom is 0.131 e. The molecule has 0 aromatic heterocycles. The third-order valence-corrected chi connectivity index (χ3v) is 3.13. The van der Waals surface area contributed by atoms with Gasteiger partial charge >= 0.3 is 0 Å². The quantitative estimate of drug-likeness (QED) is 0.884. The van der Waals surface area contributed by atoms with Crippen molar-refractivity contribution in [3.05, 3.63) is 47.8 Å². The van der Waals surface area contributed by atoms with Crippen LogP contribution in [0.15, 0.2) is 36.4 Å². The molecule has 0 spiro atoms. The zero-order chi connectivity index (χ0) is 15.2. The van der Waals surface area contributed by atoms with Crippen molar-refractivity contribution in [3.63, 3.8) is 0 Å². The summed E-state index contributed by atoms with van der Waals surface area (Å²) in [6, 6.07) is 9.76. The molecule has 2 rings (SSSR count). The molecule has 0 aliphatic rings. The molecule has 0 radical (unpaired) electrons. The smallest absolute Gasteiger partial charge is 0.131 e. The summed E-state index contributed by atoms with van der Waals surface area (Å²) in [6.07, 6.45) is 0. The van der Waals surface area contributed by atoms with Crippen LogP contribution in [0.1, 0.15) is 5.56 Å². The standard InChI is InChI=1S/C16H18FNO3/c1-19-13-8-15(20-2)14(16(9-13)21-3)10-18-12-6-4-11(17)5-7-12/h4-9,18H,10H2,1-3H3. The molecule has 112 valence electrons. The van der Waals surface area contributed by atoms with Crippen LogP contribution in [0.3, 0.4) is 0 Å². The molecule has 0 amide bonds. The van der Waals surface area contributed by atoms with Crippen LogP contribution in [0, 0.1) is 5.82 Å². The SMILES string of the molecule is COc1cc(OC)c(CNc2ccc(F)cc2)c(OC)c1. The molecule has 0 unspecified atom stereocenters. The van der Waals surface area contributed by atoms with Crippen molar-refractivity contribution in [3.8, 4) is 17.2 Å². The summed E-state index contributed by atoms with van der Waals surface area (Å²) in [6.45, 7) is 0.488. The number of benzene rings is 2. The van der Waals surface area contributed by atoms with Gasteiger partial charge in [0, 0.05) is 24.4 Å². The highest BCUT2D eigenvalue weighted by Gasteiger charge is 2.13. The van der Waals surface area contributed by atoms with Crippen molar-refractivity contribution in [1.82, 2.24) is 0 Å². The number of rotatable bonds is 6. The Balaban J connectivity index is 2.23. The van der Waals surface area contributed by atoms with Crippen molar-refractivity contribution in [2.75, 3.05) is 26.6 Å². The van der Waals surface area contributed by atoms with Gasteiger partial charge in [0.1, 0.15) is 23.1 Å². The van der Waals surface area contributed by atoms with Gasteiger partial charge in [0.05, 0.1) is 26.9 Å². The van der Waals surface area contributed by atoms with Crippen LogP contribution in [0.2, 0.25) is 0 Å². The van der Waals surface area contributed by atoms with Gasteiger partial charge in [-0.1, -0.05) is 0 Å². The van der Waals surface area contributed by atoms with Gasteiger partial charge in [0.25, 0.3) is 0 Å². The van der Waals surface area contributed by atoms with Gasteiger partial charge in [0.2, 0.25) is 0 Å². The molecule has 2 aromatic rings. The van der Waals surface area contributed by atoms with Crippen LogP contribution in [-0.2, 0) is 6.54 Å². The minimum absolute atomic E-state index is 0.264. The lowest BCUT2D eigenvalue weighted by Crippen LogP contribution is -2.04. The Morgan fingerprint density at radius 1 is 0.905 bits per heavy atom. The number of anilines is 1. The van der Waals surface area contributed by atoms with Crippen molar-refractivity contribution in [1.29, 1.82) is 0 Å². The Morgan fingerprint density at radius 3 is 1.95 bits per heavy atom. The number of ether oxygens (including phenoxy) is 3. The van der Waals surface area contributed by atoms with E-state index in [0.29, 0.717) is 23.8 Å². The number of hydrogen-bond donors (Lipinski definition) is 1. The molecule has 0 heterocycles. The van der Waals surface area contributed by atoms with E-state index in [0.717, 1.165) is 11.3 Å². The van der Waals surface area contributed by atoms with Gasteiger partial charge in [-0.2, -0.15) is 0 Å². The number of nitrogens with one attached hydrogen (secondary N) is 1. The fourth-order valence-corrected chi connectivity index (χ4v) is 2.01. The van der Waals surface area contributed by atoms with E-state index in [1.807, 2.05) is 0 Å². The zero-order valence-electron chi connectivity index (χ0n) is 12.3. The van der Waals surface area contributed by atoms with E-state index in [-0.39, 0.29) is 5.82 Å². The summed E-state index contributed by atoms with van der Waals surface area (Å²) < 4.78 is 28.9. The largest absolute Gasteiger partial charge is 0.496 e. The lowest BCUT2D eigenvalue weighted by Gasteiger charge is -2.16. The van der Waals surface area contributed by atoms with Crippen LogP contribution < -0.4 is 19.5 Å². The Hall–Kier alpha value is -2.43. The first-order valence-corrected chi connectivity index (χ1v) is 6.46. The summed E-state index contributed by atoms with van der Waals surface area (Å²) in [5.74, 6) is 1.73. The second-order valence-corrected chi connectivity index (χ2v) is 4.37. The summed E-state index contributed by atoms with van der Waals surface area (Å²) in [7, 11) is 4.77. The second-order valence-electron chi connectivity index (χ2n) is 4.37. The Bertz CT molecular complexity index is 574. The van der Waals surface area contributed by atoms with Gasteiger partial charge in [-0.15, -0.1) is 0 Å². The summed E-state index contributed by atoms with van der Waals surface area (Å²) >= 11 is 0. The van der Waals surface area contributed by atoms with Gasteiger partial charge in [0.15, 0.2) is 0 Å². The molecule has 0 bridgehead atoms. The molecular weight excluding hydrogens is 273 g/mol. The molecule has 2 aromatic carbocycles. The molecule has 0 fully saturated rings. The lowest BCUT2D eigenvalue weighted by atomic mass is 10.1. The molecule has 21 heavy (non-hydrogen) atoms. The van der Waals surface area contributed by atoms with E-state index in [1.165, 1.54) is 12.1 Å². The summed E-state index contributed by atoms with van der Waals surface area (Å²) in [4.78, 5) is 0. The Morgan fingerprint density at radius 2 is 1.48 bits per heavy atom. The predicted octanol–water partition coefficient (Wildman–Crippen LogP) is 3.46. The maximum atomic E-state index is 12.9. The van der Waals surface area contributed by atoms with Gasteiger partial charge in [-0.3, -0.25) is 0 Å². The van der Waals surface area contributed by atoms with E-state index >= 15 is 0 Å². The third kappa shape index (κ3) is 3.56. The first kappa shape index (κ1) is 15.0. The predicted molar refractivity (Wildman–Crippen MR) is 79.8 cm³/mol. The van der Waals surface area contributed by atoms with Gasteiger partial charge in [-0.05, 0) is 24.3 Å². The number of halogens is 1. The molecule has 0 aliphatic heterocycles. The average molecular weight is 291 g/mol. The first-order chi connectivity index (χ1) is 10.2. The fourth-order valence-electron chi connectivity index (χ4n) is 2.01. The van der Waals surface area contributed by atoms with Crippen LogP contribution in [-0.4, -0.2) is 21.3 Å². The van der Waals surface area contributed by atoms with E-state index in [1.54, 1.807) is 45.6 Å². The van der Waals surface area contributed by atoms with Crippen LogP contribution in [0.25, 0.3) is 0 Å². The highest BCUT2D eigenvalue weighted by Crippen LogP contribution is 2.34. The zero-order valence-corrected chi connectivity index (χ0v) is 12.3. The number of methoxy groups -OCH3 is 3. The highest BCUT2D eigenvalue weighted by atomic mass is 19.1. The van der Waals surface area contributed by atoms with Crippen LogP contribution >= 0.6 is 0 Å². The van der Waals surface area contributed by atoms with Gasteiger partial charge in [-0.25, -0.2) is 4.39 Å². The summed E-state index contributed by atoms with van der Waals surface area (Å²) in [5, 5.41) is 3.21.